The first-order valence-corrected chi connectivity index (χ1v) is 7.05. The van der Waals surface area contributed by atoms with Crippen LogP contribution in [0.25, 0.3) is 0 Å². The molecule has 0 aliphatic carbocycles. The highest BCUT2D eigenvalue weighted by Crippen LogP contribution is 2.37. The maximum absolute atomic E-state index is 12.6. The Morgan fingerprint density at radius 1 is 1.30 bits per heavy atom. The van der Waals surface area contributed by atoms with E-state index in [4.69, 9.17) is 23.2 Å². The summed E-state index contributed by atoms with van der Waals surface area (Å²) in [5, 5.41) is 2.93. The minimum atomic E-state index is -4.45. The number of thiazole rings is 1. The van der Waals surface area contributed by atoms with Gasteiger partial charge in [0, 0.05) is 21.1 Å². The lowest BCUT2D eigenvalue weighted by molar-refractivity contribution is -0.137. The van der Waals surface area contributed by atoms with E-state index < -0.39 is 17.2 Å². The molecule has 0 amide bonds. The van der Waals surface area contributed by atoms with Crippen molar-refractivity contribution in [2.45, 2.75) is 12.2 Å². The van der Waals surface area contributed by atoms with Gasteiger partial charge in [-0.1, -0.05) is 23.2 Å². The van der Waals surface area contributed by atoms with Crippen molar-refractivity contribution in [1.29, 1.82) is 0 Å². The van der Waals surface area contributed by atoms with Crippen molar-refractivity contribution >= 4 is 34.5 Å². The molecule has 0 bridgehead atoms. The molecular weight excluding hydrogens is 332 g/mol. The van der Waals surface area contributed by atoms with Crippen molar-refractivity contribution in [3.63, 3.8) is 0 Å². The van der Waals surface area contributed by atoms with Crippen LogP contribution in [-0.2, 0) is 6.18 Å². The third-order valence-electron chi connectivity index (χ3n) is 2.61. The highest BCUT2D eigenvalue weighted by atomic mass is 35.5. The molecule has 0 fully saturated rings. The predicted molar refractivity (Wildman–Crippen MR) is 74.5 cm³/mol. The van der Waals surface area contributed by atoms with E-state index in [9.17, 15) is 13.2 Å². The van der Waals surface area contributed by atoms with Gasteiger partial charge < -0.3 is 5.32 Å². The Hall–Kier alpha value is -0.820. The summed E-state index contributed by atoms with van der Waals surface area (Å²) in [5.74, 6) is 0. The molecule has 0 radical (unpaired) electrons. The van der Waals surface area contributed by atoms with E-state index in [0.29, 0.717) is 31.8 Å². The van der Waals surface area contributed by atoms with Gasteiger partial charge in [-0.05, 0) is 30.8 Å². The van der Waals surface area contributed by atoms with Crippen LogP contribution < -0.4 is 5.32 Å². The fourth-order valence-electron chi connectivity index (χ4n) is 1.74. The quantitative estimate of drug-likeness (QED) is 0.869. The molecule has 1 aromatic heterocycles. The Bertz CT molecular complexity index is 613. The molecule has 0 aliphatic rings. The number of benzene rings is 1. The predicted octanol–water partition coefficient (Wildman–Crippen LogP) is 4.78. The van der Waals surface area contributed by atoms with Gasteiger partial charge in [0.15, 0.2) is 5.01 Å². The Balaban J connectivity index is 2.42. The normalized spacial score (nSPS) is 13.5. The molecule has 8 heteroatoms. The lowest BCUT2D eigenvalue weighted by atomic mass is 10.1. The minimum Gasteiger partial charge on any atom is -0.309 e. The van der Waals surface area contributed by atoms with Crippen LogP contribution in [0.2, 0.25) is 10.0 Å². The molecule has 0 aliphatic heterocycles. The first-order chi connectivity index (χ1) is 9.32. The van der Waals surface area contributed by atoms with Gasteiger partial charge in [0.25, 0.3) is 0 Å². The minimum absolute atomic E-state index is 0.420. The van der Waals surface area contributed by atoms with Gasteiger partial charge in [0.1, 0.15) is 0 Å². The number of rotatable bonds is 3. The fraction of sp³-hybridized carbons (Fsp3) is 0.250. The van der Waals surface area contributed by atoms with Crippen molar-refractivity contribution in [3.8, 4) is 0 Å². The molecule has 2 rings (SSSR count). The van der Waals surface area contributed by atoms with Crippen LogP contribution in [0.5, 0.6) is 0 Å². The molecule has 0 spiro atoms. The Morgan fingerprint density at radius 2 is 2.00 bits per heavy atom. The molecule has 1 aromatic carbocycles. The van der Waals surface area contributed by atoms with Gasteiger partial charge in [-0.15, -0.1) is 11.3 Å². The molecule has 2 nitrogen and oxygen atoms in total. The lowest BCUT2D eigenvalue weighted by Crippen LogP contribution is -2.17. The van der Waals surface area contributed by atoms with Gasteiger partial charge in [0.2, 0.25) is 0 Å². The topological polar surface area (TPSA) is 24.9 Å². The summed E-state index contributed by atoms with van der Waals surface area (Å²) in [4.78, 5) is 3.83. The highest BCUT2D eigenvalue weighted by molar-refractivity contribution is 7.11. The summed E-state index contributed by atoms with van der Waals surface area (Å²) in [6.45, 7) is 0. The van der Waals surface area contributed by atoms with Crippen molar-refractivity contribution in [2.24, 2.45) is 0 Å². The Morgan fingerprint density at radius 3 is 2.55 bits per heavy atom. The average Bonchev–Trinajstić information content (AvgIpc) is 2.84. The zero-order valence-corrected chi connectivity index (χ0v) is 12.5. The van der Waals surface area contributed by atoms with E-state index in [-0.39, 0.29) is 0 Å². The SMILES string of the molecule is CNC(c1cnc(C(F)(F)F)s1)c1cc(Cl)ccc1Cl. The van der Waals surface area contributed by atoms with Crippen LogP contribution >= 0.6 is 34.5 Å². The molecule has 108 valence electrons. The summed E-state index contributed by atoms with van der Waals surface area (Å²) < 4.78 is 37.8. The number of nitrogens with zero attached hydrogens (tertiary/aromatic N) is 1. The van der Waals surface area contributed by atoms with E-state index in [1.165, 1.54) is 6.20 Å². The Labute approximate surface area is 127 Å². The molecule has 1 heterocycles. The van der Waals surface area contributed by atoms with Gasteiger partial charge in [-0.2, -0.15) is 13.2 Å². The maximum Gasteiger partial charge on any atom is 0.443 e. The van der Waals surface area contributed by atoms with Crippen molar-refractivity contribution < 1.29 is 13.2 Å². The summed E-state index contributed by atoms with van der Waals surface area (Å²) in [6.07, 6.45) is -3.24. The second-order valence-electron chi connectivity index (χ2n) is 3.95. The van der Waals surface area contributed by atoms with E-state index in [0.717, 1.165) is 0 Å². The number of hydrogen-bond acceptors (Lipinski definition) is 3. The summed E-state index contributed by atoms with van der Waals surface area (Å²) >= 11 is 12.6. The number of alkyl halides is 3. The second kappa shape index (κ2) is 5.89. The molecule has 1 atom stereocenters. The van der Waals surface area contributed by atoms with Crippen LogP contribution in [0.1, 0.15) is 21.5 Å². The number of nitrogens with one attached hydrogen (secondary N) is 1. The monoisotopic (exact) mass is 340 g/mol. The average molecular weight is 341 g/mol. The van der Waals surface area contributed by atoms with Gasteiger partial charge in [0.05, 0.1) is 6.04 Å². The fourth-order valence-corrected chi connectivity index (χ4v) is 3.06. The zero-order valence-electron chi connectivity index (χ0n) is 10.1. The standard InChI is InChI=1S/C12H9Cl2F3N2S/c1-18-10(7-4-6(13)2-3-8(7)14)9-5-19-11(20-9)12(15,16)17/h2-5,10,18H,1H3. The first-order valence-electron chi connectivity index (χ1n) is 5.48. The van der Waals surface area contributed by atoms with Gasteiger partial charge >= 0.3 is 6.18 Å². The first kappa shape index (κ1) is 15.6. The third kappa shape index (κ3) is 3.25. The van der Waals surface area contributed by atoms with Crippen LogP contribution in [-0.4, -0.2) is 12.0 Å². The van der Waals surface area contributed by atoms with Gasteiger partial charge in [-0.3, -0.25) is 0 Å². The van der Waals surface area contributed by atoms with Crippen LogP contribution in [0.15, 0.2) is 24.4 Å². The maximum atomic E-state index is 12.6. The molecule has 20 heavy (non-hydrogen) atoms. The van der Waals surface area contributed by atoms with Crippen LogP contribution in [0, 0.1) is 0 Å². The number of hydrogen-bond donors (Lipinski definition) is 1. The summed E-state index contributed by atoms with van der Waals surface area (Å²) in [6, 6.07) is 4.36. The zero-order chi connectivity index (χ0) is 14.9. The van der Waals surface area contributed by atoms with E-state index >= 15 is 0 Å². The number of halogens is 5. The third-order valence-corrected chi connectivity index (χ3v) is 4.29. The summed E-state index contributed by atoms with van der Waals surface area (Å²) in [7, 11) is 1.63. The molecule has 0 saturated heterocycles. The highest BCUT2D eigenvalue weighted by Gasteiger charge is 2.35. The van der Waals surface area contributed by atoms with Crippen molar-refractivity contribution in [2.75, 3.05) is 7.05 Å². The van der Waals surface area contributed by atoms with Gasteiger partial charge in [-0.25, -0.2) is 4.98 Å². The van der Waals surface area contributed by atoms with Crippen molar-refractivity contribution in [1.82, 2.24) is 10.3 Å². The smallest absolute Gasteiger partial charge is 0.309 e. The molecule has 1 unspecified atom stereocenters. The molecule has 0 saturated carbocycles. The van der Waals surface area contributed by atoms with E-state index in [1.807, 2.05) is 0 Å². The van der Waals surface area contributed by atoms with Crippen LogP contribution in [0.4, 0.5) is 13.2 Å². The summed E-state index contributed by atoms with van der Waals surface area (Å²) in [5.41, 5.74) is 0.610. The van der Waals surface area contributed by atoms with E-state index in [2.05, 4.69) is 10.3 Å². The van der Waals surface area contributed by atoms with Crippen LogP contribution in [0.3, 0.4) is 0 Å². The second-order valence-corrected chi connectivity index (χ2v) is 5.86. The lowest BCUT2D eigenvalue weighted by Gasteiger charge is -2.16. The molecule has 2 aromatic rings. The number of aromatic nitrogens is 1. The van der Waals surface area contributed by atoms with Crippen molar-refractivity contribution in [3.05, 3.63) is 49.9 Å². The molecule has 1 N–H and O–H groups in total. The largest absolute Gasteiger partial charge is 0.443 e. The van der Waals surface area contributed by atoms with E-state index in [1.54, 1.807) is 25.2 Å². The molecular formula is C12H9Cl2F3N2S. The Kier molecular flexibility index (Phi) is 4.59.